The molecule has 0 aliphatic heterocycles. The van der Waals surface area contributed by atoms with Gasteiger partial charge in [0.15, 0.2) is 11.5 Å². The molecule has 1 aliphatic carbocycles. The number of amides is 1. The van der Waals surface area contributed by atoms with Gasteiger partial charge in [0.2, 0.25) is 5.78 Å². The maximum Gasteiger partial charge on any atom is 0.289 e. The highest BCUT2D eigenvalue weighted by Crippen LogP contribution is 2.46. The van der Waals surface area contributed by atoms with Crippen LogP contribution in [-0.4, -0.2) is 35.3 Å². The van der Waals surface area contributed by atoms with Crippen molar-refractivity contribution >= 4 is 11.7 Å². The van der Waals surface area contributed by atoms with Gasteiger partial charge in [-0.15, -0.1) is 0 Å². The van der Waals surface area contributed by atoms with E-state index in [-0.39, 0.29) is 40.6 Å². The predicted molar refractivity (Wildman–Crippen MR) is 137 cm³/mol. The Hall–Kier alpha value is -3.18. The minimum atomic E-state index is -0.813. The van der Waals surface area contributed by atoms with E-state index in [4.69, 9.17) is 4.42 Å². The molecule has 5 nitrogen and oxygen atoms in total. The Morgan fingerprint density at radius 3 is 2.14 bits per heavy atom. The Morgan fingerprint density at radius 1 is 0.943 bits per heavy atom. The van der Waals surface area contributed by atoms with E-state index in [1.54, 1.807) is 13.1 Å². The van der Waals surface area contributed by atoms with Gasteiger partial charge in [0.05, 0.1) is 12.6 Å². The first-order chi connectivity index (χ1) is 16.4. The third-order valence-electron chi connectivity index (χ3n) is 7.46. The number of likely N-dealkylation sites (N-methyl/N-ethyl adjacent to an activating group) is 1. The molecule has 0 spiro atoms. The number of furan rings is 1. The lowest BCUT2D eigenvalue weighted by molar-refractivity contribution is 0.0649. The number of benzene rings is 2. The first kappa shape index (κ1) is 24.9. The minimum absolute atomic E-state index is 0.0137. The summed E-state index contributed by atoms with van der Waals surface area (Å²) in [5.41, 5.74) is 4.81. The van der Waals surface area contributed by atoms with Crippen LogP contribution in [0.15, 0.2) is 59.0 Å². The molecule has 1 atom stereocenters. The number of carbonyl (C=O) groups is 2. The van der Waals surface area contributed by atoms with Crippen LogP contribution in [0.3, 0.4) is 0 Å². The average molecular weight is 474 g/mol. The smallest absolute Gasteiger partial charge is 0.289 e. The van der Waals surface area contributed by atoms with Crippen LogP contribution in [0, 0.1) is 6.92 Å². The highest BCUT2D eigenvalue weighted by Gasteiger charge is 2.38. The molecule has 1 unspecified atom stereocenters. The summed E-state index contributed by atoms with van der Waals surface area (Å²) in [6.07, 6.45) is 1.35. The Morgan fingerprint density at radius 2 is 1.51 bits per heavy atom. The molecule has 1 aliphatic rings. The molecular weight excluding hydrogens is 438 g/mol. The summed E-state index contributed by atoms with van der Waals surface area (Å²) >= 11 is 0. The zero-order valence-corrected chi connectivity index (χ0v) is 21.5. The maximum atomic E-state index is 13.4. The Bertz CT molecular complexity index is 1250. The summed E-state index contributed by atoms with van der Waals surface area (Å²) in [7, 11) is 1.61. The average Bonchev–Trinajstić information content (AvgIpc) is 3.32. The van der Waals surface area contributed by atoms with Crippen LogP contribution in [0.25, 0.3) is 0 Å². The van der Waals surface area contributed by atoms with Crippen LogP contribution in [0.1, 0.15) is 95.6 Å². The van der Waals surface area contributed by atoms with Crippen LogP contribution >= 0.6 is 0 Å². The summed E-state index contributed by atoms with van der Waals surface area (Å²) in [4.78, 5) is 27.7. The Kier molecular flexibility index (Phi) is 6.50. The summed E-state index contributed by atoms with van der Waals surface area (Å²) < 4.78 is 5.74. The van der Waals surface area contributed by atoms with Crippen molar-refractivity contribution in [3.8, 4) is 0 Å². The molecule has 3 aromatic rings. The summed E-state index contributed by atoms with van der Waals surface area (Å²) in [6.45, 7) is 11.1. The van der Waals surface area contributed by atoms with E-state index in [1.807, 2.05) is 43.3 Å². The number of hydrogen-bond donors (Lipinski definition) is 1. The van der Waals surface area contributed by atoms with Crippen LogP contribution < -0.4 is 0 Å². The highest BCUT2D eigenvalue weighted by atomic mass is 16.4. The molecule has 2 aromatic carbocycles. The van der Waals surface area contributed by atoms with Gasteiger partial charge in [-0.25, -0.2) is 0 Å². The molecule has 0 bridgehead atoms. The quantitative estimate of drug-likeness (QED) is 0.448. The van der Waals surface area contributed by atoms with Gasteiger partial charge in [-0.2, -0.15) is 0 Å². The topological polar surface area (TPSA) is 70.8 Å². The van der Waals surface area contributed by atoms with E-state index >= 15 is 0 Å². The molecule has 1 heterocycles. The summed E-state index contributed by atoms with van der Waals surface area (Å²) in [5, 5.41) is 10.5. The van der Waals surface area contributed by atoms with Crippen molar-refractivity contribution < 1.29 is 19.1 Å². The van der Waals surface area contributed by atoms with Crippen molar-refractivity contribution in [2.24, 2.45) is 0 Å². The predicted octanol–water partition coefficient (Wildman–Crippen LogP) is 5.97. The Labute approximate surface area is 207 Å². The lowest BCUT2D eigenvalue weighted by Crippen LogP contribution is -2.34. The third kappa shape index (κ3) is 4.83. The molecule has 1 aromatic heterocycles. The number of nitrogens with zero attached hydrogens (tertiary/aromatic N) is 1. The van der Waals surface area contributed by atoms with Crippen molar-refractivity contribution in [3.63, 3.8) is 0 Å². The van der Waals surface area contributed by atoms with E-state index < -0.39 is 6.10 Å². The van der Waals surface area contributed by atoms with Gasteiger partial charge in [0.25, 0.3) is 5.91 Å². The van der Waals surface area contributed by atoms with Crippen LogP contribution in [0.4, 0.5) is 0 Å². The van der Waals surface area contributed by atoms with Gasteiger partial charge in [0, 0.05) is 12.6 Å². The molecule has 0 saturated carbocycles. The molecule has 5 heteroatoms. The molecule has 4 rings (SSSR count). The number of fused-ring (bicyclic) bond motifs is 1. The number of ketones is 1. The fourth-order valence-corrected chi connectivity index (χ4v) is 4.99. The number of aryl methyl sites for hydroxylation is 1. The summed E-state index contributed by atoms with van der Waals surface area (Å²) in [6, 6.07) is 16.5. The van der Waals surface area contributed by atoms with E-state index in [1.165, 1.54) is 22.1 Å². The monoisotopic (exact) mass is 473 g/mol. The SMILES string of the molecule is Cc1cc2c(cc1C(=O)c1ccc(C(=O)N(C)CC(O)c3ccccc3)o1)C(C)(C)CCC2(C)C. The van der Waals surface area contributed by atoms with Gasteiger partial charge in [-0.05, 0) is 71.0 Å². The van der Waals surface area contributed by atoms with Gasteiger partial charge < -0.3 is 14.4 Å². The van der Waals surface area contributed by atoms with E-state index in [0.29, 0.717) is 5.56 Å². The fourth-order valence-electron chi connectivity index (χ4n) is 4.99. The zero-order chi connectivity index (χ0) is 25.5. The van der Waals surface area contributed by atoms with E-state index in [2.05, 4.69) is 33.8 Å². The van der Waals surface area contributed by atoms with E-state index in [0.717, 1.165) is 24.0 Å². The van der Waals surface area contributed by atoms with Crippen molar-refractivity contribution in [2.75, 3.05) is 13.6 Å². The molecule has 0 saturated heterocycles. The van der Waals surface area contributed by atoms with Crippen molar-refractivity contribution in [2.45, 2.75) is 64.4 Å². The molecule has 184 valence electrons. The standard InChI is InChI=1S/C30H35NO4/c1-19-16-22-23(30(4,5)15-14-29(22,2)3)17-21(19)27(33)25-12-13-26(35-25)28(34)31(6)18-24(32)20-10-8-7-9-11-20/h7-13,16-17,24,32H,14-15,18H2,1-6H3. The van der Waals surface area contributed by atoms with Gasteiger partial charge in [0.1, 0.15) is 0 Å². The highest BCUT2D eigenvalue weighted by molar-refractivity contribution is 6.09. The number of aliphatic hydroxyl groups excluding tert-OH is 1. The Balaban J connectivity index is 1.56. The number of carbonyl (C=O) groups excluding carboxylic acids is 2. The number of aliphatic hydroxyl groups is 1. The minimum Gasteiger partial charge on any atom is -0.447 e. The second kappa shape index (κ2) is 9.12. The van der Waals surface area contributed by atoms with Crippen molar-refractivity contribution in [3.05, 3.63) is 93.9 Å². The second-order valence-corrected chi connectivity index (χ2v) is 11.1. The molecule has 1 N–H and O–H groups in total. The van der Waals surface area contributed by atoms with E-state index in [9.17, 15) is 14.7 Å². The second-order valence-electron chi connectivity index (χ2n) is 11.1. The lowest BCUT2D eigenvalue weighted by Gasteiger charge is -2.42. The van der Waals surface area contributed by atoms with Crippen LogP contribution in [0.5, 0.6) is 0 Å². The zero-order valence-electron chi connectivity index (χ0n) is 21.5. The van der Waals surface area contributed by atoms with Crippen LogP contribution in [0.2, 0.25) is 0 Å². The van der Waals surface area contributed by atoms with Crippen molar-refractivity contribution in [1.29, 1.82) is 0 Å². The molecule has 35 heavy (non-hydrogen) atoms. The number of rotatable bonds is 6. The largest absolute Gasteiger partial charge is 0.447 e. The normalized spacial score (nSPS) is 16.9. The lowest BCUT2D eigenvalue weighted by atomic mass is 9.62. The van der Waals surface area contributed by atoms with Crippen molar-refractivity contribution in [1.82, 2.24) is 4.90 Å². The van der Waals surface area contributed by atoms with Gasteiger partial charge >= 0.3 is 0 Å². The molecular formula is C30H35NO4. The fraction of sp³-hybridized carbons (Fsp3) is 0.400. The third-order valence-corrected chi connectivity index (χ3v) is 7.46. The first-order valence-corrected chi connectivity index (χ1v) is 12.2. The molecule has 0 radical (unpaired) electrons. The molecule has 1 amide bonds. The molecule has 0 fully saturated rings. The summed E-state index contributed by atoms with van der Waals surface area (Å²) in [5.74, 6) is -0.394. The van der Waals surface area contributed by atoms with Gasteiger partial charge in [-0.1, -0.05) is 64.1 Å². The van der Waals surface area contributed by atoms with Crippen LogP contribution in [-0.2, 0) is 10.8 Å². The van der Waals surface area contributed by atoms with Gasteiger partial charge in [-0.3, -0.25) is 9.59 Å². The first-order valence-electron chi connectivity index (χ1n) is 12.2. The maximum absolute atomic E-state index is 13.4. The number of hydrogen-bond acceptors (Lipinski definition) is 4.